The van der Waals surface area contributed by atoms with Crippen molar-refractivity contribution in [1.82, 2.24) is 0 Å². The Labute approximate surface area is 159 Å². The molecule has 1 aliphatic heterocycles. The molecule has 0 saturated carbocycles. The largest absolute Gasteiger partial charge is 0.497 e. The van der Waals surface area contributed by atoms with Gasteiger partial charge in [-0.3, -0.25) is 9.59 Å². The summed E-state index contributed by atoms with van der Waals surface area (Å²) >= 11 is 2.57. The molecule has 0 atom stereocenters. The molecule has 0 unspecified atom stereocenters. The number of anilines is 1. The van der Waals surface area contributed by atoms with Gasteiger partial charge in [0.15, 0.2) is 0 Å². The third-order valence-electron chi connectivity index (χ3n) is 3.77. The van der Waals surface area contributed by atoms with Crippen LogP contribution in [0.15, 0.2) is 40.6 Å². The van der Waals surface area contributed by atoms with Crippen LogP contribution in [0, 0.1) is 0 Å². The molecule has 2 aromatic rings. The summed E-state index contributed by atoms with van der Waals surface area (Å²) in [6.45, 7) is -0.0841. The monoisotopic (exact) mass is 391 g/mol. The van der Waals surface area contributed by atoms with E-state index in [0.717, 1.165) is 9.78 Å². The minimum atomic E-state index is -0.416. The third-order valence-corrected chi connectivity index (χ3v) is 5.72. The summed E-state index contributed by atoms with van der Waals surface area (Å²) in [5.41, 5.74) is 0.721. The van der Waals surface area contributed by atoms with Crippen molar-refractivity contribution < 1.29 is 24.2 Å². The Morgan fingerprint density at radius 2 is 1.96 bits per heavy atom. The predicted molar refractivity (Wildman–Crippen MR) is 103 cm³/mol. The summed E-state index contributed by atoms with van der Waals surface area (Å²) in [5.74, 6) is 0.439. The van der Waals surface area contributed by atoms with E-state index in [9.17, 15) is 9.59 Å². The number of aliphatic hydroxyl groups excluding tert-OH is 1. The van der Waals surface area contributed by atoms with Gasteiger partial charge >= 0.3 is 0 Å². The molecule has 1 aromatic heterocycles. The first-order valence-electron chi connectivity index (χ1n) is 7.75. The second-order valence-electron chi connectivity index (χ2n) is 5.24. The van der Waals surface area contributed by atoms with Crippen LogP contribution >= 0.6 is 23.1 Å². The maximum absolute atomic E-state index is 13.1. The Hall–Kier alpha value is -2.29. The van der Waals surface area contributed by atoms with Gasteiger partial charge in [-0.1, -0.05) is 6.07 Å². The number of rotatable bonds is 7. The second-order valence-corrected chi connectivity index (χ2v) is 7.29. The summed E-state index contributed by atoms with van der Waals surface area (Å²) in [5, 5.41) is 11.0. The number of methoxy groups -OCH3 is 2. The van der Waals surface area contributed by atoms with Gasteiger partial charge in [-0.05, 0) is 23.6 Å². The van der Waals surface area contributed by atoms with Crippen LogP contribution in [0.1, 0.15) is 4.88 Å². The number of thiophene rings is 1. The number of amides is 2. The lowest BCUT2D eigenvalue weighted by Crippen LogP contribution is -2.31. The van der Waals surface area contributed by atoms with Gasteiger partial charge < -0.3 is 14.6 Å². The van der Waals surface area contributed by atoms with Crippen LogP contribution in [0.3, 0.4) is 0 Å². The minimum absolute atomic E-state index is 0.0841. The SMILES string of the molecule is COc1ccc(N2C(=O)C(SCCO)=C(c3cccs3)C2=O)c(OC)c1. The molecule has 1 N–H and O–H groups in total. The summed E-state index contributed by atoms with van der Waals surface area (Å²) in [6, 6.07) is 8.55. The maximum atomic E-state index is 13.1. The van der Waals surface area contributed by atoms with Crippen molar-refractivity contribution in [3.8, 4) is 11.5 Å². The van der Waals surface area contributed by atoms with Crippen molar-refractivity contribution in [3.05, 3.63) is 45.5 Å². The molecule has 1 aliphatic rings. The van der Waals surface area contributed by atoms with Crippen LogP contribution in [0.4, 0.5) is 5.69 Å². The molecule has 0 saturated heterocycles. The van der Waals surface area contributed by atoms with E-state index < -0.39 is 11.8 Å². The molecule has 3 rings (SSSR count). The van der Waals surface area contributed by atoms with Crippen molar-refractivity contribution in [2.45, 2.75) is 0 Å². The lowest BCUT2D eigenvalue weighted by molar-refractivity contribution is -0.119. The second kappa shape index (κ2) is 7.94. The zero-order chi connectivity index (χ0) is 18.7. The van der Waals surface area contributed by atoms with Crippen molar-refractivity contribution >= 4 is 46.2 Å². The Morgan fingerprint density at radius 3 is 2.58 bits per heavy atom. The van der Waals surface area contributed by atoms with E-state index in [0.29, 0.717) is 33.4 Å². The quantitative estimate of drug-likeness (QED) is 0.732. The van der Waals surface area contributed by atoms with Gasteiger partial charge in [0.2, 0.25) is 0 Å². The van der Waals surface area contributed by atoms with Gasteiger partial charge in [0.1, 0.15) is 11.5 Å². The predicted octanol–water partition coefficient (Wildman–Crippen LogP) is 2.78. The molecule has 0 aliphatic carbocycles. The van der Waals surface area contributed by atoms with E-state index in [2.05, 4.69) is 0 Å². The molecule has 2 amide bonds. The Kier molecular flexibility index (Phi) is 5.65. The van der Waals surface area contributed by atoms with Gasteiger partial charge in [0.25, 0.3) is 11.8 Å². The lowest BCUT2D eigenvalue weighted by atomic mass is 10.2. The van der Waals surface area contributed by atoms with Crippen molar-refractivity contribution in [1.29, 1.82) is 0 Å². The van der Waals surface area contributed by atoms with Gasteiger partial charge in [-0.15, -0.1) is 23.1 Å². The molecule has 0 spiro atoms. The van der Waals surface area contributed by atoms with Crippen LogP contribution in [0.5, 0.6) is 11.5 Å². The van der Waals surface area contributed by atoms with Crippen molar-refractivity contribution in [2.24, 2.45) is 0 Å². The molecule has 2 heterocycles. The Balaban J connectivity index is 2.07. The summed E-state index contributed by atoms with van der Waals surface area (Å²) in [4.78, 5) is 28.3. The number of nitrogens with zero attached hydrogens (tertiary/aromatic N) is 1. The highest BCUT2D eigenvalue weighted by Crippen LogP contribution is 2.42. The molecule has 26 heavy (non-hydrogen) atoms. The molecule has 0 fully saturated rings. The molecular formula is C18H17NO5S2. The fraction of sp³-hybridized carbons (Fsp3) is 0.222. The number of ether oxygens (including phenoxy) is 2. The first-order chi connectivity index (χ1) is 12.6. The summed E-state index contributed by atoms with van der Waals surface area (Å²) in [7, 11) is 3.00. The number of thioether (sulfide) groups is 1. The van der Waals surface area contributed by atoms with Crippen LogP contribution in [-0.4, -0.2) is 43.5 Å². The maximum Gasteiger partial charge on any atom is 0.272 e. The molecule has 6 nitrogen and oxygen atoms in total. The van der Waals surface area contributed by atoms with Crippen molar-refractivity contribution in [2.75, 3.05) is 31.5 Å². The first-order valence-corrected chi connectivity index (χ1v) is 9.61. The summed E-state index contributed by atoms with van der Waals surface area (Å²) in [6.07, 6.45) is 0. The van der Waals surface area contributed by atoms with Gasteiger partial charge in [0.05, 0.1) is 37.0 Å². The smallest absolute Gasteiger partial charge is 0.272 e. The highest BCUT2D eigenvalue weighted by atomic mass is 32.2. The average molecular weight is 391 g/mol. The van der Waals surface area contributed by atoms with Gasteiger partial charge in [0, 0.05) is 16.7 Å². The van der Waals surface area contributed by atoms with E-state index in [4.69, 9.17) is 14.6 Å². The number of imide groups is 1. The molecule has 0 radical (unpaired) electrons. The standard InChI is InChI=1S/C18H17NO5S2/c1-23-11-5-6-12(13(10-11)24-2)19-17(21)15(14-4-3-8-25-14)16(18(19)22)26-9-7-20/h3-6,8,10,20H,7,9H2,1-2H3. The normalized spacial score (nSPS) is 14.3. The van der Waals surface area contributed by atoms with Crippen LogP contribution < -0.4 is 14.4 Å². The third kappa shape index (κ3) is 3.23. The first kappa shape index (κ1) is 18.5. The molecule has 1 aromatic carbocycles. The highest BCUT2D eigenvalue weighted by Gasteiger charge is 2.41. The van der Waals surface area contributed by atoms with Gasteiger partial charge in [-0.25, -0.2) is 4.90 Å². The van der Waals surface area contributed by atoms with Gasteiger partial charge in [-0.2, -0.15) is 0 Å². The minimum Gasteiger partial charge on any atom is -0.497 e. The number of aliphatic hydroxyl groups is 1. The summed E-state index contributed by atoms with van der Waals surface area (Å²) < 4.78 is 10.5. The molecule has 0 bridgehead atoms. The molecule has 8 heteroatoms. The van der Waals surface area contributed by atoms with E-state index in [1.54, 1.807) is 24.3 Å². The fourth-order valence-corrected chi connectivity index (χ4v) is 4.30. The number of carbonyl (C=O) groups excluding carboxylic acids is 2. The zero-order valence-electron chi connectivity index (χ0n) is 14.2. The van der Waals surface area contributed by atoms with E-state index >= 15 is 0 Å². The number of hydrogen-bond donors (Lipinski definition) is 1. The van der Waals surface area contributed by atoms with E-state index in [-0.39, 0.29) is 6.61 Å². The molecular weight excluding hydrogens is 374 g/mol. The molecule has 136 valence electrons. The topological polar surface area (TPSA) is 76.1 Å². The number of hydrogen-bond acceptors (Lipinski definition) is 7. The Morgan fingerprint density at radius 1 is 1.15 bits per heavy atom. The van der Waals surface area contributed by atoms with Crippen LogP contribution in [-0.2, 0) is 9.59 Å². The Bertz CT molecular complexity index is 860. The highest BCUT2D eigenvalue weighted by molar-refractivity contribution is 8.04. The zero-order valence-corrected chi connectivity index (χ0v) is 15.9. The van der Waals surface area contributed by atoms with Crippen LogP contribution in [0.25, 0.3) is 5.57 Å². The van der Waals surface area contributed by atoms with E-state index in [1.165, 1.54) is 37.3 Å². The number of carbonyl (C=O) groups is 2. The fourth-order valence-electron chi connectivity index (χ4n) is 2.62. The number of benzene rings is 1. The van der Waals surface area contributed by atoms with Crippen LogP contribution in [0.2, 0.25) is 0 Å². The van der Waals surface area contributed by atoms with Crippen molar-refractivity contribution in [3.63, 3.8) is 0 Å². The average Bonchev–Trinajstić information content (AvgIpc) is 3.26. The lowest BCUT2D eigenvalue weighted by Gasteiger charge is -2.18. The van der Waals surface area contributed by atoms with E-state index in [1.807, 2.05) is 11.4 Å².